The molecule has 3 heterocycles. The molecule has 2 fully saturated rings. The molecule has 1 aromatic heterocycles. The van der Waals surface area contributed by atoms with E-state index in [0.717, 1.165) is 51.1 Å². The number of likely N-dealkylation sites (tertiary alicyclic amines) is 1. The normalized spacial score (nSPS) is 21.6. The number of amides is 2. The van der Waals surface area contributed by atoms with Crippen molar-refractivity contribution in [2.24, 2.45) is 5.92 Å². The van der Waals surface area contributed by atoms with Gasteiger partial charge in [-0.25, -0.2) is 9.78 Å². The number of nitrogens with one attached hydrogen (secondary N) is 1. The highest BCUT2D eigenvalue weighted by Crippen LogP contribution is 2.31. The number of anilines is 1. The Hall–Kier alpha value is -2.29. The molecule has 1 aromatic rings. The van der Waals surface area contributed by atoms with Crippen molar-refractivity contribution in [2.45, 2.75) is 64.5 Å². The summed E-state index contributed by atoms with van der Waals surface area (Å²) in [5.41, 5.74) is 0.596. The minimum absolute atomic E-state index is 0.105. The summed E-state index contributed by atoms with van der Waals surface area (Å²) in [5.74, 6) is 1.50. The summed E-state index contributed by atoms with van der Waals surface area (Å²) in [6.45, 7) is 6.83. The third-order valence-electron chi connectivity index (χ3n) is 5.76. The predicted molar refractivity (Wildman–Crippen MR) is 107 cm³/mol. The molecule has 0 radical (unpaired) electrons. The number of piperidine rings is 1. The lowest BCUT2D eigenvalue weighted by Gasteiger charge is -2.41. The van der Waals surface area contributed by atoms with Crippen LogP contribution in [-0.2, 0) is 0 Å². The second kappa shape index (κ2) is 9.07. The van der Waals surface area contributed by atoms with Crippen LogP contribution in [0, 0.1) is 17.2 Å². The summed E-state index contributed by atoms with van der Waals surface area (Å²) in [7, 11) is 0. The Balaban J connectivity index is 1.63. The number of aromatic nitrogens is 1. The Kier molecular flexibility index (Phi) is 6.54. The Bertz CT molecular complexity index is 658. The second-order valence-electron chi connectivity index (χ2n) is 8.06. The zero-order chi connectivity index (χ0) is 19.2. The minimum atomic E-state index is 0.105. The number of carbonyl (C=O) groups excluding carboxylic acids is 1. The first-order valence-electron chi connectivity index (χ1n) is 10.3. The van der Waals surface area contributed by atoms with Gasteiger partial charge in [-0.05, 0) is 57.6 Å². The van der Waals surface area contributed by atoms with Crippen LogP contribution in [0.2, 0.25) is 0 Å². The van der Waals surface area contributed by atoms with E-state index >= 15 is 0 Å². The molecule has 1 N–H and O–H groups in total. The first-order chi connectivity index (χ1) is 13.1. The fraction of sp³-hybridized carbons (Fsp3) is 0.667. The molecule has 0 aliphatic carbocycles. The average molecular weight is 370 g/mol. The van der Waals surface area contributed by atoms with E-state index in [0.29, 0.717) is 17.5 Å². The van der Waals surface area contributed by atoms with E-state index in [1.54, 1.807) is 6.20 Å². The van der Waals surface area contributed by atoms with Crippen molar-refractivity contribution in [2.75, 3.05) is 24.5 Å². The third kappa shape index (κ3) is 4.91. The largest absolute Gasteiger partial charge is 0.357 e. The fourth-order valence-corrected chi connectivity index (χ4v) is 4.36. The van der Waals surface area contributed by atoms with Crippen LogP contribution >= 0.6 is 0 Å². The van der Waals surface area contributed by atoms with Crippen molar-refractivity contribution >= 4 is 11.8 Å². The molecule has 27 heavy (non-hydrogen) atoms. The van der Waals surface area contributed by atoms with Crippen LogP contribution in [0.4, 0.5) is 10.6 Å². The molecular weight excluding hydrogens is 338 g/mol. The number of pyridine rings is 1. The maximum absolute atomic E-state index is 12.7. The first kappa shape index (κ1) is 19.5. The summed E-state index contributed by atoms with van der Waals surface area (Å²) >= 11 is 0. The second-order valence-corrected chi connectivity index (χ2v) is 8.06. The van der Waals surface area contributed by atoms with Gasteiger partial charge in [0.1, 0.15) is 11.9 Å². The van der Waals surface area contributed by atoms with E-state index in [4.69, 9.17) is 5.26 Å². The Labute approximate surface area is 162 Å². The number of nitriles is 1. The predicted octanol–water partition coefficient (Wildman–Crippen LogP) is 3.53. The van der Waals surface area contributed by atoms with Crippen LogP contribution in [0.15, 0.2) is 18.3 Å². The lowest BCUT2D eigenvalue weighted by atomic mass is 9.86. The SMILES string of the molecule is CC(C)NC(=O)N1CCCCCC1C1CCN(c2ccc(C#N)cn2)CC1. The molecule has 2 saturated heterocycles. The van der Waals surface area contributed by atoms with Crippen LogP contribution < -0.4 is 10.2 Å². The van der Waals surface area contributed by atoms with Gasteiger partial charge in [0.15, 0.2) is 0 Å². The Morgan fingerprint density at radius 2 is 1.96 bits per heavy atom. The average Bonchev–Trinajstić information content (AvgIpc) is 2.94. The van der Waals surface area contributed by atoms with Crippen molar-refractivity contribution < 1.29 is 4.79 Å². The third-order valence-corrected chi connectivity index (χ3v) is 5.76. The smallest absolute Gasteiger partial charge is 0.317 e. The van der Waals surface area contributed by atoms with E-state index < -0.39 is 0 Å². The zero-order valence-electron chi connectivity index (χ0n) is 16.5. The van der Waals surface area contributed by atoms with Crippen molar-refractivity contribution in [3.05, 3.63) is 23.9 Å². The van der Waals surface area contributed by atoms with Gasteiger partial charge in [-0.3, -0.25) is 0 Å². The van der Waals surface area contributed by atoms with Crippen molar-refractivity contribution in [1.29, 1.82) is 5.26 Å². The summed E-state index contributed by atoms with van der Waals surface area (Å²) in [6.07, 6.45) is 8.46. The first-order valence-corrected chi connectivity index (χ1v) is 10.3. The van der Waals surface area contributed by atoms with Gasteiger partial charge in [-0.15, -0.1) is 0 Å². The van der Waals surface area contributed by atoms with Gasteiger partial charge in [0.2, 0.25) is 0 Å². The molecule has 0 aromatic carbocycles. The molecule has 0 saturated carbocycles. The number of rotatable bonds is 3. The van der Waals surface area contributed by atoms with Crippen LogP contribution in [-0.4, -0.2) is 47.6 Å². The van der Waals surface area contributed by atoms with E-state index in [2.05, 4.69) is 26.2 Å². The number of hydrogen-bond donors (Lipinski definition) is 1. The molecule has 2 aliphatic heterocycles. The van der Waals surface area contributed by atoms with Crippen molar-refractivity contribution in [3.63, 3.8) is 0 Å². The summed E-state index contributed by atoms with van der Waals surface area (Å²) in [5, 5.41) is 12.0. The molecule has 0 spiro atoms. The highest BCUT2D eigenvalue weighted by molar-refractivity contribution is 5.74. The van der Waals surface area contributed by atoms with E-state index in [-0.39, 0.29) is 12.1 Å². The van der Waals surface area contributed by atoms with Gasteiger partial charge in [0.05, 0.1) is 5.56 Å². The maximum Gasteiger partial charge on any atom is 0.317 e. The van der Waals surface area contributed by atoms with Crippen molar-refractivity contribution in [3.8, 4) is 6.07 Å². The lowest BCUT2D eigenvalue weighted by molar-refractivity contribution is 0.135. The zero-order valence-corrected chi connectivity index (χ0v) is 16.5. The fourth-order valence-electron chi connectivity index (χ4n) is 4.36. The quantitative estimate of drug-likeness (QED) is 0.885. The van der Waals surface area contributed by atoms with E-state index in [1.807, 2.05) is 26.0 Å². The van der Waals surface area contributed by atoms with Crippen LogP contribution in [0.3, 0.4) is 0 Å². The van der Waals surface area contributed by atoms with Gasteiger partial charge >= 0.3 is 6.03 Å². The summed E-state index contributed by atoms with van der Waals surface area (Å²) < 4.78 is 0. The molecule has 0 bridgehead atoms. The molecule has 146 valence electrons. The highest BCUT2D eigenvalue weighted by Gasteiger charge is 2.34. The van der Waals surface area contributed by atoms with Gasteiger partial charge < -0.3 is 15.1 Å². The minimum Gasteiger partial charge on any atom is -0.357 e. The standard InChI is InChI=1S/C21H31N5O/c1-16(2)24-21(27)26-11-5-3-4-6-19(26)18-9-12-25(13-10-18)20-8-7-17(14-22)15-23-20/h7-8,15-16,18-19H,3-6,9-13H2,1-2H3,(H,24,27). The van der Waals surface area contributed by atoms with Crippen LogP contribution in [0.5, 0.6) is 0 Å². The van der Waals surface area contributed by atoms with Gasteiger partial charge in [-0.2, -0.15) is 5.26 Å². The Morgan fingerprint density at radius 3 is 2.59 bits per heavy atom. The molecule has 2 aliphatic rings. The van der Waals surface area contributed by atoms with Gasteiger partial charge in [0.25, 0.3) is 0 Å². The number of hydrogen-bond acceptors (Lipinski definition) is 4. The number of urea groups is 1. The Morgan fingerprint density at radius 1 is 1.19 bits per heavy atom. The topological polar surface area (TPSA) is 72.3 Å². The lowest BCUT2D eigenvalue weighted by Crippen LogP contribution is -2.52. The monoisotopic (exact) mass is 369 g/mol. The van der Waals surface area contributed by atoms with Gasteiger partial charge in [0, 0.05) is 37.9 Å². The molecule has 3 rings (SSSR count). The van der Waals surface area contributed by atoms with E-state index in [1.165, 1.54) is 12.8 Å². The molecule has 2 amide bonds. The highest BCUT2D eigenvalue weighted by atomic mass is 16.2. The number of nitrogens with zero attached hydrogens (tertiary/aromatic N) is 4. The van der Waals surface area contributed by atoms with Crippen LogP contribution in [0.1, 0.15) is 57.9 Å². The molecule has 6 heteroatoms. The number of carbonyl (C=O) groups is 1. The van der Waals surface area contributed by atoms with Crippen molar-refractivity contribution in [1.82, 2.24) is 15.2 Å². The van der Waals surface area contributed by atoms with Gasteiger partial charge in [-0.1, -0.05) is 12.8 Å². The summed E-state index contributed by atoms with van der Waals surface area (Å²) in [4.78, 5) is 21.6. The molecule has 1 unspecified atom stereocenters. The van der Waals surface area contributed by atoms with E-state index in [9.17, 15) is 4.79 Å². The summed E-state index contributed by atoms with van der Waals surface area (Å²) in [6, 6.07) is 6.51. The molecular formula is C21H31N5O. The maximum atomic E-state index is 12.7. The molecule has 6 nitrogen and oxygen atoms in total. The van der Waals surface area contributed by atoms with Crippen LogP contribution in [0.25, 0.3) is 0 Å². The molecule has 1 atom stereocenters.